The molecule has 1 fully saturated rings. The van der Waals surface area contributed by atoms with Crippen molar-refractivity contribution in [2.45, 2.75) is 20.0 Å². The van der Waals surface area contributed by atoms with Crippen molar-refractivity contribution in [2.75, 3.05) is 37.6 Å². The van der Waals surface area contributed by atoms with Gasteiger partial charge in [-0.2, -0.15) is 13.2 Å². The quantitative estimate of drug-likeness (QED) is 0.841. The molecule has 2 nitrogen and oxygen atoms in total. The molecule has 1 aliphatic heterocycles. The molecular formula is C15H20F3N2. The molecule has 0 N–H and O–H groups in total. The van der Waals surface area contributed by atoms with Gasteiger partial charge in [-0.05, 0) is 30.2 Å². The number of rotatable bonds is 3. The minimum Gasteiger partial charge on any atom is -0.369 e. The maximum atomic E-state index is 12.7. The Kier molecular flexibility index (Phi) is 4.58. The first-order valence-electron chi connectivity index (χ1n) is 6.92. The number of halogens is 3. The molecule has 0 amide bonds. The predicted octanol–water partition coefficient (Wildman–Crippen LogP) is 3.28. The molecule has 0 aliphatic carbocycles. The van der Waals surface area contributed by atoms with Crippen LogP contribution in [-0.2, 0) is 6.18 Å². The summed E-state index contributed by atoms with van der Waals surface area (Å²) in [5.74, 6) is 0.614. The Labute approximate surface area is 118 Å². The fourth-order valence-corrected chi connectivity index (χ4v) is 2.51. The van der Waals surface area contributed by atoms with Crippen LogP contribution in [0.4, 0.5) is 18.9 Å². The summed E-state index contributed by atoms with van der Waals surface area (Å²) in [6.45, 7) is 8.72. The lowest BCUT2D eigenvalue weighted by molar-refractivity contribution is -0.137. The third-order valence-corrected chi connectivity index (χ3v) is 3.46. The number of nitrogens with zero attached hydrogens (tertiary/aromatic N) is 2. The highest BCUT2D eigenvalue weighted by molar-refractivity contribution is 5.49. The first-order valence-corrected chi connectivity index (χ1v) is 6.92. The standard InChI is InChI=1S/C15H20F3N2/c1-12(2)11-19-6-8-20(9-7-19)14-5-3-4-13(10-14)15(16,17)18/h4-5,10,12H,6-9,11H2,1-2H3. The minimum atomic E-state index is -4.30. The second-order valence-corrected chi connectivity index (χ2v) is 5.66. The number of hydrogen-bond acceptors (Lipinski definition) is 2. The van der Waals surface area contributed by atoms with Crippen LogP contribution in [0, 0.1) is 12.0 Å². The van der Waals surface area contributed by atoms with Gasteiger partial charge in [0.05, 0.1) is 5.56 Å². The largest absolute Gasteiger partial charge is 0.416 e. The van der Waals surface area contributed by atoms with Gasteiger partial charge < -0.3 is 4.90 Å². The van der Waals surface area contributed by atoms with Crippen molar-refractivity contribution in [3.63, 3.8) is 0 Å². The fourth-order valence-electron chi connectivity index (χ4n) is 2.51. The highest BCUT2D eigenvalue weighted by Crippen LogP contribution is 2.31. The Morgan fingerprint density at radius 3 is 2.35 bits per heavy atom. The Hall–Kier alpha value is -1.23. The van der Waals surface area contributed by atoms with Crippen LogP contribution >= 0.6 is 0 Å². The smallest absolute Gasteiger partial charge is 0.369 e. The van der Waals surface area contributed by atoms with Crippen LogP contribution in [0.25, 0.3) is 0 Å². The van der Waals surface area contributed by atoms with E-state index in [9.17, 15) is 13.2 Å². The van der Waals surface area contributed by atoms with Gasteiger partial charge >= 0.3 is 6.18 Å². The van der Waals surface area contributed by atoms with Gasteiger partial charge in [0, 0.05) is 38.4 Å². The van der Waals surface area contributed by atoms with Gasteiger partial charge in [-0.1, -0.05) is 13.8 Å². The molecule has 1 heterocycles. The molecule has 0 aromatic heterocycles. The predicted molar refractivity (Wildman–Crippen MR) is 73.8 cm³/mol. The van der Waals surface area contributed by atoms with Crippen molar-refractivity contribution in [1.29, 1.82) is 0 Å². The summed E-state index contributed by atoms with van der Waals surface area (Å²) >= 11 is 0. The average molecular weight is 285 g/mol. The maximum Gasteiger partial charge on any atom is 0.416 e. The van der Waals surface area contributed by atoms with Crippen molar-refractivity contribution in [3.05, 3.63) is 29.8 Å². The lowest BCUT2D eigenvalue weighted by Crippen LogP contribution is -2.47. The van der Waals surface area contributed by atoms with E-state index in [0.29, 0.717) is 11.6 Å². The van der Waals surface area contributed by atoms with Crippen molar-refractivity contribution in [3.8, 4) is 0 Å². The average Bonchev–Trinajstić information content (AvgIpc) is 2.38. The molecule has 0 atom stereocenters. The van der Waals surface area contributed by atoms with E-state index in [1.54, 1.807) is 6.07 Å². The van der Waals surface area contributed by atoms with Crippen LogP contribution in [0.2, 0.25) is 0 Å². The van der Waals surface area contributed by atoms with Gasteiger partial charge in [0.25, 0.3) is 0 Å². The van der Waals surface area contributed by atoms with Crippen LogP contribution in [0.5, 0.6) is 0 Å². The van der Waals surface area contributed by atoms with E-state index in [2.05, 4.69) is 24.8 Å². The third-order valence-electron chi connectivity index (χ3n) is 3.46. The fraction of sp³-hybridized carbons (Fsp3) is 0.600. The normalized spacial score (nSPS) is 17.8. The minimum absolute atomic E-state index is 0.614. The number of alkyl halides is 3. The topological polar surface area (TPSA) is 6.48 Å². The summed E-state index contributed by atoms with van der Waals surface area (Å²) in [4.78, 5) is 4.36. The van der Waals surface area contributed by atoms with E-state index in [0.717, 1.165) is 38.8 Å². The van der Waals surface area contributed by atoms with Gasteiger partial charge in [0.1, 0.15) is 0 Å². The van der Waals surface area contributed by atoms with Gasteiger partial charge in [0.2, 0.25) is 0 Å². The summed E-state index contributed by atoms with van der Waals surface area (Å²) in [6, 6.07) is 6.45. The molecule has 0 unspecified atom stereocenters. The monoisotopic (exact) mass is 285 g/mol. The molecule has 0 bridgehead atoms. The first kappa shape index (κ1) is 15.2. The zero-order valence-corrected chi connectivity index (χ0v) is 11.9. The zero-order valence-electron chi connectivity index (χ0n) is 11.9. The first-order chi connectivity index (χ1) is 9.36. The Morgan fingerprint density at radius 2 is 1.80 bits per heavy atom. The van der Waals surface area contributed by atoms with E-state index < -0.39 is 11.7 Å². The van der Waals surface area contributed by atoms with E-state index in [1.165, 1.54) is 6.07 Å². The molecule has 1 aliphatic rings. The molecule has 1 radical (unpaired) electrons. The molecule has 0 saturated carbocycles. The molecule has 2 rings (SSSR count). The van der Waals surface area contributed by atoms with Crippen molar-refractivity contribution >= 4 is 5.69 Å². The van der Waals surface area contributed by atoms with Gasteiger partial charge in [-0.15, -0.1) is 0 Å². The lowest BCUT2D eigenvalue weighted by Gasteiger charge is -2.37. The van der Waals surface area contributed by atoms with E-state index in [-0.39, 0.29) is 0 Å². The second-order valence-electron chi connectivity index (χ2n) is 5.66. The van der Waals surface area contributed by atoms with Crippen molar-refractivity contribution in [1.82, 2.24) is 4.90 Å². The van der Waals surface area contributed by atoms with Gasteiger partial charge in [-0.25, -0.2) is 0 Å². The van der Waals surface area contributed by atoms with E-state index in [1.807, 2.05) is 4.90 Å². The Morgan fingerprint density at radius 1 is 1.15 bits per heavy atom. The van der Waals surface area contributed by atoms with Crippen LogP contribution in [0.15, 0.2) is 18.2 Å². The highest BCUT2D eigenvalue weighted by Gasteiger charge is 2.31. The molecule has 111 valence electrons. The zero-order chi connectivity index (χ0) is 14.8. The third kappa shape index (κ3) is 3.88. The lowest BCUT2D eigenvalue weighted by atomic mass is 10.1. The number of hydrogen-bond donors (Lipinski definition) is 0. The second kappa shape index (κ2) is 6.04. The molecule has 0 spiro atoms. The molecule has 1 aromatic carbocycles. The van der Waals surface area contributed by atoms with Gasteiger partial charge in [0.15, 0.2) is 0 Å². The molecule has 1 saturated heterocycles. The van der Waals surface area contributed by atoms with E-state index >= 15 is 0 Å². The molecule has 5 heteroatoms. The summed E-state index contributed by atoms with van der Waals surface area (Å²) in [6.07, 6.45) is -4.30. The Balaban J connectivity index is 2.00. The van der Waals surface area contributed by atoms with Crippen molar-refractivity contribution < 1.29 is 13.2 Å². The van der Waals surface area contributed by atoms with Crippen LogP contribution in [0.1, 0.15) is 19.4 Å². The summed E-state index contributed by atoms with van der Waals surface area (Å²) in [7, 11) is 0. The number of piperazine rings is 1. The van der Waals surface area contributed by atoms with Crippen molar-refractivity contribution in [2.24, 2.45) is 5.92 Å². The number of benzene rings is 1. The van der Waals surface area contributed by atoms with Crippen LogP contribution in [-0.4, -0.2) is 37.6 Å². The molecule has 20 heavy (non-hydrogen) atoms. The van der Waals surface area contributed by atoms with Crippen LogP contribution < -0.4 is 4.90 Å². The summed E-state index contributed by atoms with van der Waals surface area (Å²) < 4.78 is 38.1. The number of anilines is 1. The SMILES string of the molecule is CC(C)CN1CCN(c2c[c]cc(C(F)(F)F)c2)CC1. The molecule has 1 aromatic rings. The van der Waals surface area contributed by atoms with Crippen LogP contribution in [0.3, 0.4) is 0 Å². The summed E-state index contributed by atoms with van der Waals surface area (Å²) in [5, 5.41) is 0. The maximum absolute atomic E-state index is 12.7. The summed E-state index contributed by atoms with van der Waals surface area (Å²) in [5.41, 5.74) is -0.0105. The van der Waals surface area contributed by atoms with E-state index in [4.69, 9.17) is 0 Å². The van der Waals surface area contributed by atoms with Gasteiger partial charge in [-0.3, -0.25) is 4.90 Å². The highest BCUT2D eigenvalue weighted by atomic mass is 19.4. The Bertz CT molecular complexity index is 435. The molecular weight excluding hydrogens is 265 g/mol.